The molecule has 4 aromatic rings. The molecule has 2 aromatic heterocycles. The molecule has 0 saturated heterocycles. The summed E-state index contributed by atoms with van der Waals surface area (Å²) in [6.45, 7) is 7.17. The number of halogens is 1. The number of nitrogens with one attached hydrogen (secondary N) is 2. The van der Waals surface area contributed by atoms with Gasteiger partial charge in [-0.15, -0.1) is 0 Å². The molecule has 0 unspecified atom stereocenters. The van der Waals surface area contributed by atoms with E-state index in [1.54, 1.807) is 42.6 Å². The van der Waals surface area contributed by atoms with E-state index < -0.39 is 0 Å². The smallest absolute Gasteiger partial charge is 0.248 e. The zero-order chi connectivity index (χ0) is 30.5. The third-order valence-corrected chi connectivity index (χ3v) is 5.99. The van der Waals surface area contributed by atoms with Gasteiger partial charge in [0.05, 0.1) is 39.8 Å². The molecule has 0 aliphatic heterocycles. The molecular formula is C32H35ClN6O3. The van der Waals surface area contributed by atoms with Crippen LogP contribution in [0.15, 0.2) is 73.1 Å². The molecule has 0 radical (unpaired) electrons. The second kappa shape index (κ2) is 16.0. The van der Waals surface area contributed by atoms with E-state index in [1.807, 2.05) is 58.0 Å². The maximum atomic E-state index is 12.6. The van der Waals surface area contributed by atoms with E-state index in [4.69, 9.17) is 21.1 Å². The van der Waals surface area contributed by atoms with Crippen LogP contribution in [0.1, 0.15) is 32.0 Å². The Morgan fingerprint density at radius 1 is 1.10 bits per heavy atom. The standard InChI is InChI=1S/C30H29ClN6O3.C2H6/c1-4-39-28-16-25-23(15-26(28)36-29(38)9-7-13-37(2)3)30(20(17-32)18-34-25)35-21-10-11-27(24(31)14-21)40-19-22-8-5-6-12-33-22;1-2/h5-12,14-16,18H,4,13,19H2,1-3H3,(H,34,35)(H,36,38);1-2H3/b9-7+;. The van der Waals surface area contributed by atoms with Gasteiger partial charge in [0.2, 0.25) is 5.91 Å². The Kier molecular flexibility index (Phi) is 12.1. The fourth-order valence-electron chi connectivity index (χ4n) is 3.83. The zero-order valence-electron chi connectivity index (χ0n) is 24.4. The number of hydrogen-bond acceptors (Lipinski definition) is 8. The first-order chi connectivity index (χ1) is 20.4. The van der Waals surface area contributed by atoms with Gasteiger partial charge in [-0.1, -0.05) is 37.6 Å². The van der Waals surface area contributed by atoms with Gasteiger partial charge in [0, 0.05) is 42.2 Å². The molecule has 1 amide bonds. The van der Waals surface area contributed by atoms with Crippen molar-refractivity contribution >= 4 is 45.5 Å². The number of ether oxygens (including phenoxy) is 2. The molecule has 0 fully saturated rings. The van der Waals surface area contributed by atoms with Crippen LogP contribution < -0.4 is 20.1 Å². The number of likely N-dealkylation sites (N-methyl/N-ethyl adjacent to an activating group) is 1. The Bertz CT molecular complexity index is 1570. The van der Waals surface area contributed by atoms with Crippen molar-refractivity contribution in [3.05, 3.63) is 89.4 Å². The van der Waals surface area contributed by atoms with Gasteiger partial charge < -0.3 is 25.0 Å². The van der Waals surface area contributed by atoms with Crippen molar-refractivity contribution in [1.82, 2.24) is 14.9 Å². The number of carbonyl (C=O) groups is 1. The second-order valence-electron chi connectivity index (χ2n) is 8.99. The number of benzene rings is 2. The summed E-state index contributed by atoms with van der Waals surface area (Å²) >= 11 is 6.52. The van der Waals surface area contributed by atoms with Crippen LogP contribution in [-0.4, -0.2) is 48.0 Å². The highest BCUT2D eigenvalue weighted by atomic mass is 35.5. The van der Waals surface area contributed by atoms with E-state index in [1.165, 1.54) is 12.3 Å². The second-order valence-corrected chi connectivity index (χ2v) is 9.40. The van der Waals surface area contributed by atoms with Gasteiger partial charge in [-0.25, -0.2) is 0 Å². The predicted octanol–water partition coefficient (Wildman–Crippen LogP) is 6.96. The van der Waals surface area contributed by atoms with Gasteiger partial charge in [0.25, 0.3) is 0 Å². The molecule has 2 heterocycles. The van der Waals surface area contributed by atoms with Crippen molar-refractivity contribution in [2.75, 3.05) is 37.9 Å². The topological polar surface area (TPSA) is 112 Å². The van der Waals surface area contributed by atoms with E-state index in [0.29, 0.717) is 63.2 Å². The highest BCUT2D eigenvalue weighted by Gasteiger charge is 2.16. The zero-order valence-corrected chi connectivity index (χ0v) is 25.2. The molecule has 2 N–H and O–H groups in total. The molecule has 9 nitrogen and oxygen atoms in total. The van der Waals surface area contributed by atoms with E-state index in [2.05, 4.69) is 26.7 Å². The summed E-state index contributed by atoms with van der Waals surface area (Å²) in [4.78, 5) is 23.3. The molecule has 0 atom stereocenters. The Labute approximate surface area is 251 Å². The highest BCUT2D eigenvalue weighted by molar-refractivity contribution is 6.32. The lowest BCUT2D eigenvalue weighted by Crippen LogP contribution is -2.13. The lowest BCUT2D eigenvalue weighted by molar-refractivity contribution is -0.111. The number of amides is 1. The van der Waals surface area contributed by atoms with Crippen LogP contribution in [0.2, 0.25) is 5.02 Å². The Morgan fingerprint density at radius 3 is 2.57 bits per heavy atom. The lowest BCUT2D eigenvalue weighted by atomic mass is 10.1. The SMILES string of the molecule is CC.CCOc1cc2ncc(C#N)c(Nc3ccc(OCc4ccccn4)c(Cl)c3)c2cc1NC(=O)/C=C/CN(C)C. The molecular weight excluding hydrogens is 552 g/mol. The Balaban J connectivity index is 0.00000237. The fourth-order valence-corrected chi connectivity index (χ4v) is 4.07. The normalized spacial score (nSPS) is 10.6. The van der Waals surface area contributed by atoms with Crippen LogP contribution in [0.4, 0.5) is 17.1 Å². The number of nitriles is 1. The van der Waals surface area contributed by atoms with Gasteiger partial charge in [-0.05, 0) is 57.4 Å². The minimum atomic E-state index is -0.297. The summed E-state index contributed by atoms with van der Waals surface area (Å²) in [5.74, 6) is 0.686. The van der Waals surface area contributed by atoms with Crippen molar-refractivity contribution in [1.29, 1.82) is 5.26 Å². The number of carbonyl (C=O) groups excluding carboxylic acids is 1. The molecule has 0 bridgehead atoms. The van der Waals surface area contributed by atoms with Crippen molar-refractivity contribution in [2.24, 2.45) is 0 Å². The lowest BCUT2D eigenvalue weighted by Gasteiger charge is -2.16. The number of aromatic nitrogens is 2. The number of nitrogens with zero attached hydrogens (tertiary/aromatic N) is 4. The maximum Gasteiger partial charge on any atom is 0.248 e. The van der Waals surface area contributed by atoms with Crippen LogP contribution in [-0.2, 0) is 11.4 Å². The highest BCUT2D eigenvalue weighted by Crippen LogP contribution is 2.37. The number of rotatable bonds is 11. The average molecular weight is 587 g/mol. The molecule has 0 aliphatic rings. The van der Waals surface area contributed by atoms with E-state index in [0.717, 1.165) is 5.69 Å². The van der Waals surface area contributed by atoms with Gasteiger partial charge in [0.1, 0.15) is 24.2 Å². The minimum absolute atomic E-state index is 0.280. The first-order valence-electron chi connectivity index (χ1n) is 13.6. The molecule has 0 saturated carbocycles. The predicted molar refractivity (Wildman–Crippen MR) is 169 cm³/mol. The summed E-state index contributed by atoms with van der Waals surface area (Å²) in [5, 5.41) is 17.0. The van der Waals surface area contributed by atoms with Gasteiger partial charge >= 0.3 is 0 Å². The van der Waals surface area contributed by atoms with Crippen molar-refractivity contribution < 1.29 is 14.3 Å². The Morgan fingerprint density at radius 2 is 1.90 bits per heavy atom. The van der Waals surface area contributed by atoms with Crippen LogP contribution in [0.5, 0.6) is 11.5 Å². The van der Waals surface area contributed by atoms with Crippen LogP contribution in [0.25, 0.3) is 10.9 Å². The van der Waals surface area contributed by atoms with Crippen molar-refractivity contribution in [3.8, 4) is 17.6 Å². The summed E-state index contributed by atoms with van der Waals surface area (Å²) in [5.41, 5.74) is 3.33. The largest absolute Gasteiger partial charge is 0.492 e. The molecule has 0 spiro atoms. The molecule has 218 valence electrons. The molecule has 0 aliphatic carbocycles. The summed E-state index contributed by atoms with van der Waals surface area (Å²) in [7, 11) is 3.84. The summed E-state index contributed by atoms with van der Waals surface area (Å²) in [6.07, 6.45) is 6.44. The molecule has 42 heavy (non-hydrogen) atoms. The van der Waals surface area contributed by atoms with Crippen LogP contribution >= 0.6 is 11.6 Å². The van der Waals surface area contributed by atoms with E-state index in [-0.39, 0.29) is 12.5 Å². The van der Waals surface area contributed by atoms with Crippen LogP contribution in [0, 0.1) is 11.3 Å². The first kappa shape index (κ1) is 31.9. The number of hydrogen-bond donors (Lipinski definition) is 2. The molecule has 4 rings (SSSR count). The monoisotopic (exact) mass is 586 g/mol. The fraction of sp³-hybridized carbons (Fsp3) is 0.250. The van der Waals surface area contributed by atoms with Gasteiger partial charge in [-0.2, -0.15) is 5.26 Å². The number of pyridine rings is 2. The Hall–Kier alpha value is -4.65. The first-order valence-corrected chi connectivity index (χ1v) is 14.0. The number of anilines is 3. The summed E-state index contributed by atoms with van der Waals surface area (Å²) < 4.78 is 11.6. The molecule has 2 aromatic carbocycles. The quantitative estimate of drug-likeness (QED) is 0.181. The average Bonchev–Trinajstić information content (AvgIpc) is 2.99. The van der Waals surface area contributed by atoms with Gasteiger partial charge in [0.15, 0.2) is 0 Å². The van der Waals surface area contributed by atoms with Crippen LogP contribution in [0.3, 0.4) is 0 Å². The van der Waals surface area contributed by atoms with E-state index >= 15 is 0 Å². The van der Waals surface area contributed by atoms with Crippen molar-refractivity contribution in [3.63, 3.8) is 0 Å². The minimum Gasteiger partial charge on any atom is -0.492 e. The maximum absolute atomic E-state index is 12.6. The summed E-state index contributed by atoms with van der Waals surface area (Å²) in [6, 6.07) is 16.6. The van der Waals surface area contributed by atoms with E-state index in [9.17, 15) is 10.1 Å². The number of fused-ring (bicyclic) bond motifs is 1. The van der Waals surface area contributed by atoms with Crippen molar-refractivity contribution in [2.45, 2.75) is 27.4 Å². The van der Waals surface area contributed by atoms with Gasteiger partial charge in [-0.3, -0.25) is 14.8 Å². The third kappa shape index (κ3) is 8.67. The molecule has 10 heteroatoms. The third-order valence-electron chi connectivity index (χ3n) is 5.69.